The number of rotatable bonds is 9. The van der Waals surface area contributed by atoms with Crippen LogP contribution >= 0.6 is 11.8 Å². The second kappa shape index (κ2) is 7.36. The molecule has 2 unspecified atom stereocenters. The third-order valence-electron chi connectivity index (χ3n) is 3.40. The van der Waals surface area contributed by atoms with E-state index in [0.717, 1.165) is 24.3 Å². The van der Waals surface area contributed by atoms with E-state index in [2.05, 4.69) is 5.32 Å². The zero-order valence-corrected chi connectivity index (χ0v) is 12.4. The third kappa shape index (κ3) is 3.87. The van der Waals surface area contributed by atoms with E-state index in [0.29, 0.717) is 12.5 Å². The number of hydrogen-bond acceptors (Lipinski definition) is 5. The Morgan fingerprint density at radius 2 is 2.28 bits per heavy atom. The van der Waals surface area contributed by atoms with E-state index >= 15 is 0 Å². The topological polar surface area (TPSA) is 58.6 Å². The summed E-state index contributed by atoms with van der Waals surface area (Å²) in [5.41, 5.74) is -0.532. The number of thioether (sulfide) groups is 1. The van der Waals surface area contributed by atoms with Crippen LogP contribution in [0, 0.1) is 11.8 Å². The number of carbonyl (C=O) groups excluding carboxylic acids is 1. The SMILES string of the molecule is CCOC(=O)C(CSCC(C)CO)(NC)C1CC1. The van der Waals surface area contributed by atoms with Crippen molar-refractivity contribution in [2.75, 3.05) is 31.8 Å². The highest BCUT2D eigenvalue weighted by Gasteiger charge is 2.50. The average molecular weight is 275 g/mol. The Labute approximate surface area is 114 Å². The molecule has 106 valence electrons. The molecule has 0 amide bonds. The summed E-state index contributed by atoms with van der Waals surface area (Å²) < 4.78 is 5.22. The van der Waals surface area contributed by atoms with E-state index < -0.39 is 5.54 Å². The number of nitrogens with one attached hydrogen (secondary N) is 1. The first-order valence-electron chi connectivity index (χ1n) is 6.65. The Morgan fingerprint density at radius 3 is 2.72 bits per heavy atom. The largest absolute Gasteiger partial charge is 0.465 e. The molecule has 0 bridgehead atoms. The maximum atomic E-state index is 12.2. The lowest BCUT2D eigenvalue weighted by Gasteiger charge is -2.31. The smallest absolute Gasteiger partial charge is 0.327 e. The van der Waals surface area contributed by atoms with Crippen LogP contribution < -0.4 is 5.32 Å². The van der Waals surface area contributed by atoms with E-state index in [9.17, 15) is 4.79 Å². The molecule has 0 aromatic rings. The maximum Gasteiger partial charge on any atom is 0.327 e. The predicted octanol–water partition coefficient (Wildman–Crippen LogP) is 1.28. The van der Waals surface area contributed by atoms with E-state index in [1.807, 2.05) is 20.9 Å². The summed E-state index contributed by atoms with van der Waals surface area (Å²) in [7, 11) is 1.84. The first-order chi connectivity index (χ1) is 8.60. The molecular formula is C13H25NO3S. The number of aliphatic hydroxyl groups is 1. The Hall–Kier alpha value is -0.260. The highest BCUT2D eigenvalue weighted by molar-refractivity contribution is 7.99. The van der Waals surface area contributed by atoms with E-state index in [4.69, 9.17) is 9.84 Å². The summed E-state index contributed by atoms with van der Waals surface area (Å²) in [6.45, 7) is 4.47. The zero-order valence-electron chi connectivity index (χ0n) is 11.6. The van der Waals surface area contributed by atoms with Gasteiger partial charge in [-0.2, -0.15) is 11.8 Å². The van der Waals surface area contributed by atoms with Gasteiger partial charge in [0.1, 0.15) is 5.54 Å². The normalized spacial score (nSPS) is 20.2. The van der Waals surface area contributed by atoms with Crippen LogP contribution in [0.15, 0.2) is 0 Å². The number of aliphatic hydroxyl groups excluding tert-OH is 1. The fourth-order valence-corrected chi connectivity index (χ4v) is 3.48. The van der Waals surface area contributed by atoms with Crippen molar-refractivity contribution in [1.82, 2.24) is 5.32 Å². The fourth-order valence-electron chi connectivity index (χ4n) is 2.03. The minimum absolute atomic E-state index is 0.126. The van der Waals surface area contributed by atoms with Gasteiger partial charge in [0.15, 0.2) is 0 Å². The lowest BCUT2D eigenvalue weighted by atomic mass is 9.96. The lowest BCUT2D eigenvalue weighted by molar-refractivity contribution is -0.150. The summed E-state index contributed by atoms with van der Waals surface area (Å²) >= 11 is 1.72. The molecule has 1 aliphatic carbocycles. The van der Waals surface area contributed by atoms with Crippen LogP contribution in [0.25, 0.3) is 0 Å². The molecule has 0 aliphatic heterocycles. The third-order valence-corrected chi connectivity index (χ3v) is 4.87. The van der Waals surface area contributed by atoms with Crippen molar-refractivity contribution in [3.05, 3.63) is 0 Å². The van der Waals surface area contributed by atoms with Gasteiger partial charge < -0.3 is 15.2 Å². The van der Waals surface area contributed by atoms with Crippen LogP contribution in [0.1, 0.15) is 26.7 Å². The van der Waals surface area contributed by atoms with Crippen molar-refractivity contribution >= 4 is 17.7 Å². The van der Waals surface area contributed by atoms with E-state index in [1.54, 1.807) is 11.8 Å². The number of hydrogen-bond donors (Lipinski definition) is 2. The molecule has 1 aliphatic rings. The van der Waals surface area contributed by atoms with Crippen molar-refractivity contribution in [1.29, 1.82) is 0 Å². The van der Waals surface area contributed by atoms with Gasteiger partial charge in [0.25, 0.3) is 0 Å². The first-order valence-corrected chi connectivity index (χ1v) is 7.80. The molecule has 2 atom stereocenters. The zero-order chi connectivity index (χ0) is 13.6. The first kappa shape index (κ1) is 15.8. The van der Waals surface area contributed by atoms with Crippen LogP contribution in [0.5, 0.6) is 0 Å². The molecular weight excluding hydrogens is 250 g/mol. The van der Waals surface area contributed by atoms with Gasteiger partial charge in [-0.15, -0.1) is 0 Å². The van der Waals surface area contributed by atoms with Gasteiger partial charge in [-0.1, -0.05) is 6.92 Å². The minimum atomic E-state index is -0.532. The van der Waals surface area contributed by atoms with Crippen molar-refractivity contribution in [3.8, 4) is 0 Å². The fraction of sp³-hybridized carbons (Fsp3) is 0.923. The summed E-state index contributed by atoms with van der Waals surface area (Å²) in [4.78, 5) is 12.2. The molecule has 0 saturated heterocycles. The van der Waals surface area contributed by atoms with E-state index in [-0.39, 0.29) is 18.5 Å². The lowest BCUT2D eigenvalue weighted by Crippen LogP contribution is -2.55. The van der Waals surface area contributed by atoms with Crippen molar-refractivity contribution < 1.29 is 14.6 Å². The van der Waals surface area contributed by atoms with Gasteiger partial charge >= 0.3 is 5.97 Å². The van der Waals surface area contributed by atoms with Gasteiger partial charge in [-0.25, -0.2) is 0 Å². The summed E-state index contributed by atoms with van der Waals surface area (Å²) in [6.07, 6.45) is 2.19. The molecule has 0 radical (unpaired) electrons. The second-order valence-electron chi connectivity index (χ2n) is 5.02. The van der Waals surface area contributed by atoms with Crippen LogP contribution in [0.2, 0.25) is 0 Å². The predicted molar refractivity (Wildman–Crippen MR) is 74.7 cm³/mol. The van der Waals surface area contributed by atoms with Gasteiger partial charge in [0, 0.05) is 12.4 Å². The van der Waals surface area contributed by atoms with Crippen molar-refractivity contribution in [2.24, 2.45) is 11.8 Å². The molecule has 1 rings (SSSR count). The number of ether oxygens (including phenoxy) is 1. The Morgan fingerprint density at radius 1 is 1.61 bits per heavy atom. The molecule has 18 heavy (non-hydrogen) atoms. The molecule has 1 fully saturated rings. The highest BCUT2D eigenvalue weighted by Crippen LogP contribution is 2.42. The summed E-state index contributed by atoms with van der Waals surface area (Å²) in [5, 5.41) is 12.2. The number of carbonyl (C=O) groups is 1. The van der Waals surface area contributed by atoms with Crippen LogP contribution in [-0.2, 0) is 9.53 Å². The molecule has 0 spiro atoms. The molecule has 0 aromatic carbocycles. The van der Waals surface area contributed by atoms with Crippen LogP contribution in [0.4, 0.5) is 0 Å². The van der Waals surface area contributed by atoms with Gasteiger partial charge in [-0.3, -0.25) is 4.79 Å². The molecule has 1 saturated carbocycles. The molecule has 0 heterocycles. The highest BCUT2D eigenvalue weighted by atomic mass is 32.2. The van der Waals surface area contributed by atoms with Crippen LogP contribution in [-0.4, -0.2) is 48.4 Å². The number of likely N-dealkylation sites (N-methyl/N-ethyl adjacent to an activating group) is 1. The van der Waals surface area contributed by atoms with E-state index in [1.165, 1.54) is 0 Å². The molecule has 2 N–H and O–H groups in total. The average Bonchev–Trinajstić information content (AvgIpc) is 3.19. The Bertz CT molecular complexity index is 271. The van der Waals surface area contributed by atoms with Crippen molar-refractivity contribution in [2.45, 2.75) is 32.2 Å². The second-order valence-corrected chi connectivity index (χ2v) is 6.05. The maximum absolute atomic E-state index is 12.2. The Balaban J connectivity index is 2.57. The Kier molecular flexibility index (Phi) is 6.46. The standard InChI is InChI=1S/C13H25NO3S/c1-4-17-12(16)13(14-3,11-5-6-11)9-18-8-10(2)7-15/h10-11,14-15H,4-9H2,1-3H3. The molecule has 5 heteroatoms. The summed E-state index contributed by atoms with van der Waals surface area (Å²) in [6, 6.07) is 0. The molecule has 0 aromatic heterocycles. The van der Waals surface area contributed by atoms with Gasteiger partial charge in [0.05, 0.1) is 6.61 Å². The quantitative estimate of drug-likeness (QED) is 0.621. The van der Waals surface area contributed by atoms with Crippen molar-refractivity contribution in [3.63, 3.8) is 0 Å². The molecule has 4 nitrogen and oxygen atoms in total. The van der Waals surface area contributed by atoms with Gasteiger partial charge in [0.2, 0.25) is 0 Å². The summed E-state index contributed by atoms with van der Waals surface area (Å²) in [5.74, 6) is 2.13. The van der Waals surface area contributed by atoms with Gasteiger partial charge in [-0.05, 0) is 44.4 Å². The minimum Gasteiger partial charge on any atom is -0.465 e. The van der Waals surface area contributed by atoms with Crippen LogP contribution in [0.3, 0.4) is 0 Å². The monoisotopic (exact) mass is 275 g/mol. The number of esters is 1.